The van der Waals surface area contributed by atoms with Crippen LogP contribution in [0.1, 0.15) is 58.8 Å². The minimum Gasteiger partial charge on any atom is -0.392 e. The van der Waals surface area contributed by atoms with E-state index in [1.54, 1.807) is 0 Å². The fourth-order valence-corrected chi connectivity index (χ4v) is 3.11. The maximum absolute atomic E-state index is 12.8. The summed E-state index contributed by atoms with van der Waals surface area (Å²) in [6.45, 7) is 5.14. The van der Waals surface area contributed by atoms with Gasteiger partial charge in [0.25, 0.3) is 0 Å². The molecule has 2 N–H and O–H groups in total. The Balaban J connectivity index is 2.79. The smallest absolute Gasteiger partial charge is 0.235 e. The molecule has 0 atom stereocenters. The van der Waals surface area contributed by atoms with Crippen LogP contribution in [0.2, 0.25) is 0 Å². The Morgan fingerprint density at radius 2 is 1.79 bits per heavy atom. The second-order valence-electron chi connectivity index (χ2n) is 6.27. The van der Waals surface area contributed by atoms with Crippen molar-refractivity contribution in [2.75, 3.05) is 13.6 Å². The first-order valence-corrected chi connectivity index (χ1v) is 7.86. The molecule has 0 aromatic rings. The number of nitrogens with zero attached hydrogens (tertiary/aromatic N) is 1. The highest BCUT2D eigenvalue weighted by molar-refractivity contribution is 7.80. The molecular formula is C15H28N2OS. The molecule has 0 aromatic carbocycles. The summed E-state index contributed by atoms with van der Waals surface area (Å²) in [5.41, 5.74) is 5.38. The third kappa shape index (κ3) is 4.16. The molecular weight excluding hydrogens is 256 g/mol. The first kappa shape index (κ1) is 16.4. The number of carbonyl (C=O) groups is 1. The van der Waals surface area contributed by atoms with Gasteiger partial charge in [-0.3, -0.25) is 4.79 Å². The van der Waals surface area contributed by atoms with Crippen LogP contribution in [0.15, 0.2) is 0 Å². The van der Waals surface area contributed by atoms with E-state index in [-0.39, 0.29) is 5.91 Å². The molecule has 1 aliphatic rings. The zero-order valence-corrected chi connectivity index (χ0v) is 13.4. The van der Waals surface area contributed by atoms with Crippen molar-refractivity contribution < 1.29 is 4.79 Å². The summed E-state index contributed by atoms with van der Waals surface area (Å²) in [4.78, 5) is 15.0. The van der Waals surface area contributed by atoms with Gasteiger partial charge in [0.05, 0.1) is 10.4 Å². The molecule has 0 aliphatic heterocycles. The lowest BCUT2D eigenvalue weighted by atomic mass is 9.78. The Labute approximate surface area is 122 Å². The van der Waals surface area contributed by atoms with Crippen LogP contribution in [0.5, 0.6) is 0 Å². The maximum Gasteiger partial charge on any atom is 0.235 e. The van der Waals surface area contributed by atoms with E-state index in [0.29, 0.717) is 10.9 Å². The van der Waals surface area contributed by atoms with Gasteiger partial charge in [0.1, 0.15) is 0 Å². The highest BCUT2D eigenvalue weighted by atomic mass is 32.1. The van der Waals surface area contributed by atoms with Crippen LogP contribution in [0.25, 0.3) is 0 Å². The van der Waals surface area contributed by atoms with Crippen LogP contribution in [0.4, 0.5) is 0 Å². The molecule has 0 saturated heterocycles. The fraction of sp³-hybridized carbons (Fsp3) is 0.867. The van der Waals surface area contributed by atoms with Gasteiger partial charge in [-0.15, -0.1) is 0 Å². The second-order valence-corrected chi connectivity index (χ2v) is 6.71. The molecule has 0 aromatic heterocycles. The lowest BCUT2D eigenvalue weighted by Crippen LogP contribution is -2.49. The summed E-state index contributed by atoms with van der Waals surface area (Å²) in [6, 6.07) is 0. The van der Waals surface area contributed by atoms with E-state index in [1.807, 2.05) is 11.9 Å². The van der Waals surface area contributed by atoms with Crippen molar-refractivity contribution in [1.29, 1.82) is 0 Å². The number of hydrogen-bond donors (Lipinski definition) is 1. The third-order valence-electron chi connectivity index (χ3n) is 4.23. The fourth-order valence-electron chi connectivity index (χ4n) is 2.82. The maximum atomic E-state index is 12.8. The molecule has 0 unspecified atom stereocenters. The van der Waals surface area contributed by atoms with E-state index in [9.17, 15) is 4.79 Å². The van der Waals surface area contributed by atoms with Crippen LogP contribution in [-0.4, -0.2) is 29.4 Å². The number of thiocarbonyl (C=S) groups is 1. The predicted octanol–water partition coefficient (Wildman–Crippen LogP) is 3.12. The molecule has 110 valence electrons. The Kier molecular flexibility index (Phi) is 6.24. The van der Waals surface area contributed by atoms with Crippen molar-refractivity contribution in [3.05, 3.63) is 0 Å². The van der Waals surface area contributed by atoms with E-state index in [0.717, 1.165) is 38.6 Å². The van der Waals surface area contributed by atoms with Crippen molar-refractivity contribution in [3.63, 3.8) is 0 Å². The van der Waals surface area contributed by atoms with Crippen LogP contribution >= 0.6 is 12.2 Å². The van der Waals surface area contributed by atoms with Crippen LogP contribution in [0.3, 0.4) is 0 Å². The van der Waals surface area contributed by atoms with Crippen molar-refractivity contribution in [2.24, 2.45) is 17.1 Å². The largest absolute Gasteiger partial charge is 0.392 e. The Morgan fingerprint density at radius 1 is 1.26 bits per heavy atom. The molecule has 1 aliphatic carbocycles. The van der Waals surface area contributed by atoms with Gasteiger partial charge in [0.15, 0.2) is 0 Å². The van der Waals surface area contributed by atoms with Crippen molar-refractivity contribution in [2.45, 2.75) is 58.8 Å². The second kappa shape index (κ2) is 7.22. The normalized spacial score (nSPS) is 18.9. The summed E-state index contributed by atoms with van der Waals surface area (Å²) in [6.07, 6.45) is 7.17. The van der Waals surface area contributed by atoms with Gasteiger partial charge in [0.2, 0.25) is 5.91 Å². The monoisotopic (exact) mass is 284 g/mol. The molecule has 1 rings (SSSR count). The molecule has 1 amide bonds. The highest BCUT2D eigenvalue weighted by Gasteiger charge is 2.42. The number of amides is 1. The van der Waals surface area contributed by atoms with Gasteiger partial charge in [-0.25, -0.2) is 0 Å². The van der Waals surface area contributed by atoms with E-state index in [4.69, 9.17) is 18.0 Å². The highest BCUT2D eigenvalue weighted by Crippen LogP contribution is 2.37. The van der Waals surface area contributed by atoms with Crippen LogP contribution in [-0.2, 0) is 4.79 Å². The quantitative estimate of drug-likeness (QED) is 0.623. The van der Waals surface area contributed by atoms with Gasteiger partial charge in [-0.05, 0) is 25.2 Å². The molecule has 0 bridgehead atoms. The van der Waals surface area contributed by atoms with Crippen molar-refractivity contribution in [1.82, 2.24) is 4.90 Å². The van der Waals surface area contributed by atoms with Gasteiger partial charge in [-0.1, -0.05) is 51.7 Å². The number of rotatable bonds is 5. The lowest BCUT2D eigenvalue weighted by Gasteiger charge is -2.34. The summed E-state index contributed by atoms with van der Waals surface area (Å²) in [5, 5.41) is 0. The van der Waals surface area contributed by atoms with Crippen LogP contribution in [0, 0.1) is 11.3 Å². The summed E-state index contributed by atoms with van der Waals surface area (Å²) in [5.74, 6) is 0.743. The molecule has 1 saturated carbocycles. The summed E-state index contributed by atoms with van der Waals surface area (Å²) < 4.78 is 0. The Morgan fingerprint density at radius 3 is 2.21 bits per heavy atom. The first-order chi connectivity index (χ1) is 8.90. The average Bonchev–Trinajstić information content (AvgIpc) is 2.61. The molecule has 3 nitrogen and oxygen atoms in total. The van der Waals surface area contributed by atoms with Crippen molar-refractivity contribution in [3.8, 4) is 0 Å². The standard InChI is InChI=1S/C15H28N2OS/c1-12(2)8-11-17(3)14(18)15(13(16)19)9-6-4-5-7-10-15/h12H,4-11H2,1-3H3,(H2,16,19). The summed E-state index contributed by atoms with van der Waals surface area (Å²) >= 11 is 5.25. The van der Waals surface area contributed by atoms with E-state index < -0.39 is 5.41 Å². The first-order valence-electron chi connectivity index (χ1n) is 7.45. The average molecular weight is 284 g/mol. The minimum absolute atomic E-state index is 0.141. The van der Waals surface area contributed by atoms with Crippen molar-refractivity contribution >= 4 is 23.1 Å². The topological polar surface area (TPSA) is 46.3 Å². The zero-order chi connectivity index (χ0) is 14.5. The Bertz CT molecular complexity index is 320. The third-order valence-corrected chi connectivity index (χ3v) is 4.62. The number of nitrogens with two attached hydrogens (primary N) is 1. The molecule has 1 fully saturated rings. The van der Waals surface area contributed by atoms with E-state index >= 15 is 0 Å². The molecule has 19 heavy (non-hydrogen) atoms. The molecule has 4 heteroatoms. The van der Waals surface area contributed by atoms with Gasteiger partial charge < -0.3 is 10.6 Å². The van der Waals surface area contributed by atoms with E-state index in [1.165, 1.54) is 12.8 Å². The van der Waals surface area contributed by atoms with Gasteiger partial charge in [-0.2, -0.15) is 0 Å². The minimum atomic E-state index is -0.572. The van der Waals surface area contributed by atoms with E-state index in [2.05, 4.69) is 13.8 Å². The zero-order valence-electron chi connectivity index (χ0n) is 12.6. The number of hydrogen-bond acceptors (Lipinski definition) is 2. The molecule has 0 heterocycles. The molecule has 0 radical (unpaired) electrons. The van der Waals surface area contributed by atoms with Gasteiger partial charge >= 0.3 is 0 Å². The molecule has 0 spiro atoms. The van der Waals surface area contributed by atoms with Gasteiger partial charge in [0, 0.05) is 13.6 Å². The number of carbonyl (C=O) groups excluding carboxylic acids is 1. The Hall–Kier alpha value is -0.640. The summed E-state index contributed by atoms with van der Waals surface area (Å²) in [7, 11) is 1.88. The van der Waals surface area contributed by atoms with Crippen LogP contribution < -0.4 is 5.73 Å². The lowest BCUT2D eigenvalue weighted by molar-refractivity contribution is -0.137. The SMILES string of the molecule is CC(C)CCN(C)C(=O)C1(C(N)=S)CCCCCC1. The predicted molar refractivity (Wildman–Crippen MR) is 84.0 cm³/mol.